The zero-order valence-electron chi connectivity index (χ0n) is 19.7. The monoisotopic (exact) mass is 462 g/mol. The van der Waals surface area contributed by atoms with E-state index in [1.807, 2.05) is 38.4 Å². The Hall–Kier alpha value is -3.57. The summed E-state index contributed by atoms with van der Waals surface area (Å²) in [4.78, 5) is 14.7. The number of aryl methyl sites for hydroxylation is 1. The van der Waals surface area contributed by atoms with Gasteiger partial charge in [0.05, 0.1) is 17.3 Å². The number of likely N-dealkylation sites (tertiary alicyclic amines) is 1. The second-order valence-corrected chi connectivity index (χ2v) is 9.18. The lowest BCUT2D eigenvalue weighted by atomic mass is 9.91. The van der Waals surface area contributed by atoms with E-state index >= 15 is 0 Å². The summed E-state index contributed by atoms with van der Waals surface area (Å²) in [5.74, 6) is 1.24. The number of rotatable bonds is 8. The summed E-state index contributed by atoms with van der Waals surface area (Å²) in [6.07, 6.45) is 2.67. The van der Waals surface area contributed by atoms with Crippen LogP contribution in [0.1, 0.15) is 41.6 Å². The fourth-order valence-corrected chi connectivity index (χ4v) is 4.45. The van der Waals surface area contributed by atoms with Crippen molar-refractivity contribution in [1.82, 2.24) is 15.0 Å². The summed E-state index contributed by atoms with van der Waals surface area (Å²) < 4.78 is 11.9. The lowest BCUT2D eigenvalue weighted by molar-refractivity contribution is 0.123. The van der Waals surface area contributed by atoms with E-state index in [-0.39, 0.29) is 0 Å². The lowest BCUT2D eigenvalue weighted by Crippen LogP contribution is -2.37. The number of aromatic nitrogens is 1. The van der Waals surface area contributed by atoms with E-state index in [4.69, 9.17) is 19.6 Å². The van der Waals surface area contributed by atoms with Crippen LogP contribution in [-0.2, 0) is 19.6 Å². The number of amides is 1. The summed E-state index contributed by atoms with van der Waals surface area (Å²) in [5.41, 5.74) is 4.34. The van der Waals surface area contributed by atoms with Crippen molar-refractivity contribution in [2.24, 2.45) is 5.92 Å². The highest BCUT2D eigenvalue weighted by Crippen LogP contribution is 2.31. The molecule has 0 unspecified atom stereocenters. The maximum Gasteiger partial charge on any atom is 0.407 e. The van der Waals surface area contributed by atoms with Crippen LogP contribution in [0.4, 0.5) is 4.79 Å². The normalized spacial score (nSPS) is 14.5. The van der Waals surface area contributed by atoms with E-state index in [1.165, 1.54) is 4.90 Å². The summed E-state index contributed by atoms with van der Waals surface area (Å²) in [7, 11) is 4.02. The third-order valence-electron chi connectivity index (χ3n) is 6.35. The van der Waals surface area contributed by atoms with Gasteiger partial charge in [0.1, 0.15) is 12.4 Å². The maximum atomic E-state index is 11.1. The van der Waals surface area contributed by atoms with Crippen LogP contribution < -0.4 is 4.74 Å². The second kappa shape index (κ2) is 10.6. The SMILES string of the molecule is CN(C)Cc1cc(OCc2ccc(C#N)cc2)cc2c(CCC3CCN(C(=O)O)CC3)noc12. The number of nitriles is 1. The fourth-order valence-electron chi connectivity index (χ4n) is 4.45. The first-order valence-electron chi connectivity index (χ1n) is 11.6. The second-order valence-electron chi connectivity index (χ2n) is 9.18. The highest BCUT2D eigenvalue weighted by Gasteiger charge is 2.23. The molecule has 34 heavy (non-hydrogen) atoms. The topological polar surface area (TPSA) is 103 Å². The summed E-state index contributed by atoms with van der Waals surface area (Å²) in [6, 6.07) is 13.5. The third-order valence-corrected chi connectivity index (χ3v) is 6.35. The van der Waals surface area contributed by atoms with Crippen LogP contribution in [0.3, 0.4) is 0 Å². The Morgan fingerprint density at radius 1 is 1.26 bits per heavy atom. The number of hydrogen-bond acceptors (Lipinski definition) is 6. The number of piperidine rings is 1. The van der Waals surface area contributed by atoms with Crippen LogP contribution in [0.2, 0.25) is 0 Å². The number of carboxylic acid groups (broad SMARTS) is 1. The molecule has 8 heteroatoms. The molecule has 0 bridgehead atoms. The number of nitrogens with zero attached hydrogens (tertiary/aromatic N) is 4. The minimum absolute atomic E-state index is 0.404. The van der Waals surface area contributed by atoms with Gasteiger partial charge in [0.25, 0.3) is 0 Å². The Labute approximate surface area is 199 Å². The van der Waals surface area contributed by atoms with Gasteiger partial charge in [-0.1, -0.05) is 17.3 Å². The summed E-state index contributed by atoms with van der Waals surface area (Å²) >= 11 is 0. The van der Waals surface area contributed by atoms with Gasteiger partial charge >= 0.3 is 6.09 Å². The molecular formula is C26H30N4O4. The molecule has 1 fully saturated rings. The summed E-state index contributed by atoms with van der Waals surface area (Å²) in [5, 5.41) is 23.5. The van der Waals surface area contributed by atoms with Crippen LogP contribution in [0, 0.1) is 17.2 Å². The van der Waals surface area contributed by atoms with Crippen molar-refractivity contribution in [1.29, 1.82) is 5.26 Å². The largest absolute Gasteiger partial charge is 0.489 e. The van der Waals surface area contributed by atoms with E-state index < -0.39 is 6.09 Å². The first-order valence-corrected chi connectivity index (χ1v) is 11.6. The molecule has 8 nitrogen and oxygen atoms in total. The first kappa shape index (κ1) is 23.6. The van der Waals surface area contributed by atoms with Crippen LogP contribution in [0.15, 0.2) is 40.9 Å². The van der Waals surface area contributed by atoms with Gasteiger partial charge < -0.3 is 24.2 Å². The predicted molar refractivity (Wildman–Crippen MR) is 128 cm³/mol. The smallest absolute Gasteiger partial charge is 0.407 e. The Morgan fingerprint density at radius 2 is 2.00 bits per heavy atom. The lowest BCUT2D eigenvalue weighted by Gasteiger charge is -2.29. The van der Waals surface area contributed by atoms with Crippen molar-refractivity contribution in [2.45, 2.75) is 38.8 Å². The predicted octanol–water partition coefficient (Wildman–Crippen LogP) is 4.66. The molecule has 1 saturated heterocycles. The molecule has 1 aliphatic heterocycles. The van der Waals surface area contributed by atoms with Gasteiger partial charge in [-0.2, -0.15) is 5.26 Å². The number of benzene rings is 2. The van der Waals surface area contributed by atoms with Crippen molar-refractivity contribution in [2.75, 3.05) is 27.2 Å². The van der Waals surface area contributed by atoms with Crippen LogP contribution in [0.5, 0.6) is 5.75 Å². The zero-order valence-corrected chi connectivity index (χ0v) is 19.7. The Morgan fingerprint density at radius 3 is 2.65 bits per heavy atom. The van der Waals surface area contributed by atoms with Crippen molar-refractivity contribution < 1.29 is 19.2 Å². The van der Waals surface area contributed by atoms with Gasteiger partial charge in [-0.25, -0.2) is 4.79 Å². The average molecular weight is 463 g/mol. The molecule has 1 aliphatic rings. The minimum Gasteiger partial charge on any atom is -0.489 e. The van der Waals surface area contributed by atoms with Crippen LogP contribution in [-0.4, -0.2) is 53.3 Å². The van der Waals surface area contributed by atoms with E-state index in [9.17, 15) is 4.79 Å². The number of ether oxygens (including phenoxy) is 1. The van der Waals surface area contributed by atoms with Gasteiger partial charge in [-0.3, -0.25) is 0 Å². The van der Waals surface area contributed by atoms with Crippen LogP contribution in [0.25, 0.3) is 11.0 Å². The third kappa shape index (κ3) is 5.67. The Balaban J connectivity index is 1.49. The highest BCUT2D eigenvalue weighted by atomic mass is 16.5. The number of hydrogen-bond donors (Lipinski definition) is 1. The number of carbonyl (C=O) groups is 1. The molecule has 1 N–H and O–H groups in total. The minimum atomic E-state index is -0.831. The van der Waals surface area contributed by atoms with Crippen molar-refractivity contribution in [3.63, 3.8) is 0 Å². The molecule has 4 rings (SSSR count). The molecular weight excluding hydrogens is 432 g/mol. The van der Waals surface area contributed by atoms with Gasteiger partial charge in [-0.15, -0.1) is 0 Å². The van der Waals surface area contributed by atoms with E-state index in [1.54, 1.807) is 12.1 Å². The fraction of sp³-hybridized carbons (Fsp3) is 0.423. The molecule has 0 saturated carbocycles. The molecule has 178 valence electrons. The van der Waals surface area contributed by atoms with Crippen molar-refractivity contribution in [3.8, 4) is 11.8 Å². The van der Waals surface area contributed by atoms with Gasteiger partial charge in [0.15, 0.2) is 5.58 Å². The summed E-state index contributed by atoms with van der Waals surface area (Å²) in [6.45, 7) is 2.30. The van der Waals surface area contributed by atoms with Crippen molar-refractivity contribution >= 4 is 17.1 Å². The molecule has 0 aliphatic carbocycles. The Bertz CT molecular complexity index is 1170. The van der Waals surface area contributed by atoms with E-state index in [0.717, 1.165) is 59.2 Å². The highest BCUT2D eigenvalue weighted by molar-refractivity contribution is 5.84. The maximum absolute atomic E-state index is 11.1. The quantitative estimate of drug-likeness (QED) is 0.519. The van der Waals surface area contributed by atoms with E-state index in [2.05, 4.69) is 16.1 Å². The van der Waals surface area contributed by atoms with E-state index in [0.29, 0.717) is 37.7 Å². The molecule has 1 amide bonds. The van der Waals surface area contributed by atoms with Gasteiger partial charge in [-0.05, 0) is 75.5 Å². The molecule has 2 heterocycles. The molecule has 0 radical (unpaired) electrons. The van der Waals surface area contributed by atoms with Crippen molar-refractivity contribution in [3.05, 3.63) is 58.8 Å². The van der Waals surface area contributed by atoms with Crippen LogP contribution >= 0.6 is 0 Å². The molecule has 0 atom stereocenters. The molecule has 0 spiro atoms. The standard InChI is InChI=1S/C26H30N4O4/c1-29(2)16-21-13-22(33-17-20-5-3-19(15-27)4-6-20)14-23-24(28-34-25(21)23)8-7-18-9-11-30(12-10-18)26(31)32/h3-6,13-14,18H,7-12,16-17H2,1-2H3,(H,31,32). The average Bonchev–Trinajstić information content (AvgIpc) is 3.25. The molecule has 2 aromatic carbocycles. The molecule has 3 aromatic rings. The Kier molecular flexibility index (Phi) is 7.33. The number of fused-ring (bicyclic) bond motifs is 1. The molecule has 1 aromatic heterocycles. The van der Waals surface area contributed by atoms with Gasteiger partial charge in [0.2, 0.25) is 0 Å². The zero-order chi connectivity index (χ0) is 24.1. The van der Waals surface area contributed by atoms with Gasteiger partial charge in [0, 0.05) is 30.6 Å². The first-order chi connectivity index (χ1) is 16.4.